The Balaban J connectivity index is 2.05. The molecular formula is C15H18N4O. The molecule has 0 aliphatic carbocycles. The van der Waals surface area contributed by atoms with Crippen LogP contribution >= 0.6 is 0 Å². The number of hydrogen-bond acceptors (Lipinski definition) is 4. The lowest BCUT2D eigenvalue weighted by atomic mass is 9.94. The van der Waals surface area contributed by atoms with Crippen LogP contribution in [0.2, 0.25) is 0 Å². The molecule has 2 aromatic rings. The van der Waals surface area contributed by atoms with E-state index in [1.165, 1.54) is 11.1 Å². The number of fused-ring (bicyclic) bond motifs is 1. The zero-order valence-electron chi connectivity index (χ0n) is 11.5. The van der Waals surface area contributed by atoms with Crippen molar-refractivity contribution in [3.8, 4) is 0 Å². The number of nitrogens with zero attached hydrogens (tertiary/aromatic N) is 3. The number of aromatic nitrogens is 2. The highest BCUT2D eigenvalue weighted by molar-refractivity contribution is 5.44. The summed E-state index contributed by atoms with van der Waals surface area (Å²) in [5, 5.41) is 0. The Kier molecular flexibility index (Phi) is 3.28. The third-order valence-corrected chi connectivity index (χ3v) is 3.90. The molecule has 2 heterocycles. The second kappa shape index (κ2) is 5.09. The molecule has 2 N–H and O–H groups in total. The van der Waals surface area contributed by atoms with Crippen LogP contribution in [0.4, 0.5) is 5.82 Å². The van der Waals surface area contributed by atoms with Gasteiger partial charge in [0.25, 0.3) is 5.56 Å². The summed E-state index contributed by atoms with van der Waals surface area (Å²) in [6.07, 6.45) is 4.18. The fourth-order valence-corrected chi connectivity index (χ4v) is 2.73. The third-order valence-electron chi connectivity index (χ3n) is 3.90. The molecule has 0 saturated carbocycles. The normalized spacial score (nSPS) is 17.9. The van der Waals surface area contributed by atoms with Crippen LogP contribution in [0, 0.1) is 0 Å². The van der Waals surface area contributed by atoms with Crippen molar-refractivity contribution in [2.45, 2.75) is 19.0 Å². The van der Waals surface area contributed by atoms with Crippen molar-refractivity contribution < 1.29 is 0 Å². The van der Waals surface area contributed by atoms with E-state index in [9.17, 15) is 4.79 Å². The first-order chi connectivity index (χ1) is 9.70. The predicted octanol–water partition coefficient (Wildman–Crippen LogP) is 0.670. The Labute approximate surface area is 117 Å². The molecule has 1 atom stereocenters. The Hall–Kier alpha value is -2.14. The third kappa shape index (κ3) is 2.10. The minimum Gasteiger partial charge on any atom is -0.343 e. The summed E-state index contributed by atoms with van der Waals surface area (Å²) in [6, 6.07) is 8.42. The number of aryl methyl sites for hydroxylation is 1. The summed E-state index contributed by atoms with van der Waals surface area (Å²) in [5.41, 5.74) is 8.37. The quantitative estimate of drug-likeness (QED) is 0.871. The molecule has 1 aliphatic heterocycles. The second-order valence-corrected chi connectivity index (χ2v) is 5.16. The Bertz CT molecular complexity index is 680. The topological polar surface area (TPSA) is 64.2 Å². The van der Waals surface area contributed by atoms with Crippen LogP contribution in [0.3, 0.4) is 0 Å². The van der Waals surface area contributed by atoms with Crippen molar-refractivity contribution in [3.05, 3.63) is 58.1 Å². The van der Waals surface area contributed by atoms with Crippen molar-refractivity contribution in [2.24, 2.45) is 12.8 Å². The van der Waals surface area contributed by atoms with Gasteiger partial charge in [-0.3, -0.25) is 4.79 Å². The molecule has 3 rings (SSSR count). The lowest BCUT2D eigenvalue weighted by Gasteiger charge is -2.36. The Morgan fingerprint density at radius 1 is 1.35 bits per heavy atom. The van der Waals surface area contributed by atoms with Crippen molar-refractivity contribution in [1.29, 1.82) is 0 Å². The van der Waals surface area contributed by atoms with E-state index in [0.29, 0.717) is 18.9 Å². The average molecular weight is 270 g/mol. The lowest BCUT2D eigenvalue weighted by molar-refractivity contribution is 0.550. The molecule has 0 amide bonds. The SMILES string of the molecule is Cn1ccnc(N2Cc3ccccc3CC2CN)c1=O. The van der Waals surface area contributed by atoms with Crippen LogP contribution in [0.25, 0.3) is 0 Å². The van der Waals surface area contributed by atoms with Crippen LogP contribution in [0.15, 0.2) is 41.5 Å². The maximum absolute atomic E-state index is 12.3. The van der Waals surface area contributed by atoms with Crippen molar-refractivity contribution >= 4 is 5.82 Å². The van der Waals surface area contributed by atoms with Gasteiger partial charge in [0.1, 0.15) is 0 Å². The largest absolute Gasteiger partial charge is 0.343 e. The first-order valence-corrected chi connectivity index (χ1v) is 6.76. The van der Waals surface area contributed by atoms with Crippen molar-refractivity contribution in [3.63, 3.8) is 0 Å². The van der Waals surface area contributed by atoms with Gasteiger partial charge in [-0.25, -0.2) is 4.98 Å². The van der Waals surface area contributed by atoms with Gasteiger partial charge in [0.2, 0.25) is 0 Å². The molecule has 0 spiro atoms. The van der Waals surface area contributed by atoms with Gasteiger partial charge in [-0.2, -0.15) is 0 Å². The highest BCUT2D eigenvalue weighted by Gasteiger charge is 2.27. The number of rotatable bonds is 2. The van der Waals surface area contributed by atoms with E-state index in [1.807, 2.05) is 17.0 Å². The van der Waals surface area contributed by atoms with Gasteiger partial charge in [0, 0.05) is 38.6 Å². The highest BCUT2D eigenvalue weighted by Crippen LogP contribution is 2.25. The van der Waals surface area contributed by atoms with E-state index >= 15 is 0 Å². The summed E-state index contributed by atoms with van der Waals surface area (Å²) >= 11 is 0. The molecular weight excluding hydrogens is 252 g/mol. The van der Waals surface area contributed by atoms with Crippen LogP contribution in [-0.4, -0.2) is 22.1 Å². The summed E-state index contributed by atoms with van der Waals surface area (Å²) in [7, 11) is 1.74. The fraction of sp³-hybridized carbons (Fsp3) is 0.333. The first-order valence-electron chi connectivity index (χ1n) is 6.76. The molecule has 5 heteroatoms. The molecule has 0 radical (unpaired) electrons. The average Bonchev–Trinajstić information content (AvgIpc) is 2.48. The van der Waals surface area contributed by atoms with E-state index in [0.717, 1.165) is 6.42 Å². The molecule has 1 aliphatic rings. The van der Waals surface area contributed by atoms with Crippen LogP contribution in [0.5, 0.6) is 0 Å². The summed E-state index contributed by atoms with van der Waals surface area (Å²) in [4.78, 5) is 18.6. The molecule has 0 fully saturated rings. The maximum Gasteiger partial charge on any atom is 0.293 e. The molecule has 1 unspecified atom stereocenters. The van der Waals surface area contributed by atoms with Gasteiger partial charge in [-0.15, -0.1) is 0 Å². The van der Waals surface area contributed by atoms with Gasteiger partial charge in [0.05, 0.1) is 0 Å². The molecule has 0 bridgehead atoms. The van der Waals surface area contributed by atoms with Gasteiger partial charge < -0.3 is 15.2 Å². The molecule has 104 valence electrons. The van der Waals surface area contributed by atoms with E-state index in [4.69, 9.17) is 5.73 Å². The van der Waals surface area contributed by atoms with Gasteiger partial charge >= 0.3 is 0 Å². The number of benzene rings is 1. The van der Waals surface area contributed by atoms with Crippen LogP contribution in [-0.2, 0) is 20.0 Å². The highest BCUT2D eigenvalue weighted by atomic mass is 16.1. The predicted molar refractivity (Wildman–Crippen MR) is 78.6 cm³/mol. The molecule has 1 aromatic carbocycles. The van der Waals surface area contributed by atoms with E-state index in [1.54, 1.807) is 24.0 Å². The second-order valence-electron chi connectivity index (χ2n) is 5.16. The Morgan fingerprint density at radius 3 is 2.85 bits per heavy atom. The zero-order chi connectivity index (χ0) is 14.1. The zero-order valence-corrected chi connectivity index (χ0v) is 11.5. The van der Waals surface area contributed by atoms with Gasteiger partial charge in [-0.05, 0) is 17.5 Å². The summed E-state index contributed by atoms with van der Waals surface area (Å²) in [6.45, 7) is 1.19. The van der Waals surface area contributed by atoms with Crippen molar-refractivity contribution in [1.82, 2.24) is 9.55 Å². The van der Waals surface area contributed by atoms with E-state index in [-0.39, 0.29) is 11.6 Å². The summed E-state index contributed by atoms with van der Waals surface area (Å²) < 4.78 is 1.55. The number of nitrogens with two attached hydrogens (primary N) is 1. The maximum atomic E-state index is 12.3. The van der Waals surface area contributed by atoms with E-state index < -0.39 is 0 Å². The number of hydrogen-bond donors (Lipinski definition) is 1. The monoisotopic (exact) mass is 270 g/mol. The minimum atomic E-state index is -0.0784. The number of anilines is 1. The Morgan fingerprint density at radius 2 is 2.10 bits per heavy atom. The first kappa shape index (κ1) is 12.9. The molecule has 0 saturated heterocycles. The van der Waals surface area contributed by atoms with Crippen LogP contribution < -0.4 is 16.2 Å². The van der Waals surface area contributed by atoms with Gasteiger partial charge in [0.15, 0.2) is 5.82 Å². The van der Waals surface area contributed by atoms with Gasteiger partial charge in [-0.1, -0.05) is 24.3 Å². The molecule has 5 nitrogen and oxygen atoms in total. The standard InChI is InChI=1S/C15H18N4O/c1-18-7-6-17-14(15(18)20)19-10-12-5-3-2-4-11(12)8-13(19)9-16/h2-7,13H,8-10,16H2,1H3. The fourth-order valence-electron chi connectivity index (χ4n) is 2.73. The minimum absolute atomic E-state index is 0.0784. The van der Waals surface area contributed by atoms with Crippen molar-refractivity contribution in [2.75, 3.05) is 11.4 Å². The van der Waals surface area contributed by atoms with E-state index in [2.05, 4.69) is 17.1 Å². The lowest BCUT2D eigenvalue weighted by Crippen LogP contribution is -2.48. The summed E-state index contributed by atoms with van der Waals surface area (Å²) in [5.74, 6) is 0.486. The molecule has 20 heavy (non-hydrogen) atoms. The smallest absolute Gasteiger partial charge is 0.293 e. The molecule has 1 aromatic heterocycles. The van der Waals surface area contributed by atoms with Crippen LogP contribution in [0.1, 0.15) is 11.1 Å².